The van der Waals surface area contributed by atoms with Gasteiger partial charge in [-0.25, -0.2) is 9.59 Å². The Morgan fingerprint density at radius 1 is 1.25 bits per heavy atom. The second-order valence-corrected chi connectivity index (χ2v) is 3.70. The van der Waals surface area contributed by atoms with E-state index in [1.165, 1.54) is 19.2 Å². The molecule has 0 saturated heterocycles. The predicted molar refractivity (Wildman–Crippen MR) is 66.9 cm³/mol. The van der Waals surface area contributed by atoms with Gasteiger partial charge in [0.05, 0.1) is 7.11 Å². The Morgan fingerprint density at radius 2 is 1.85 bits per heavy atom. The zero-order chi connectivity index (χ0) is 15.1. The summed E-state index contributed by atoms with van der Waals surface area (Å²) < 4.78 is 4.26. The molecule has 0 radical (unpaired) electrons. The Bertz CT molecular complexity index is 499. The minimum absolute atomic E-state index is 0.137. The Kier molecular flexibility index (Phi) is 5.33. The Labute approximate surface area is 114 Å². The summed E-state index contributed by atoms with van der Waals surface area (Å²) in [6.07, 6.45) is -2.13. The minimum Gasteiger partial charge on any atom is -0.465 e. The lowest BCUT2D eigenvalue weighted by atomic mass is 10.1. The van der Waals surface area contributed by atoms with Crippen LogP contribution < -0.4 is 5.32 Å². The topological polar surface area (TPSA) is 105 Å². The molecule has 8 heteroatoms. The van der Waals surface area contributed by atoms with E-state index in [4.69, 9.17) is 5.11 Å². The van der Waals surface area contributed by atoms with Gasteiger partial charge in [-0.1, -0.05) is 12.1 Å². The Balaban J connectivity index is 2.65. The maximum Gasteiger partial charge on any atom is 0.533 e. The molecule has 0 unspecified atom stereocenters. The van der Waals surface area contributed by atoms with E-state index in [0.717, 1.165) is 12.2 Å². The molecule has 20 heavy (non-hydrogen) atoms. The number of carboxylic acid groups (broad SMARTS) is 1. The molecule has 1 aromatic carbocycles. The first kappa shape index (κ1) is 15.3. The zero-order valence-electron chi connectivity index (χ0n) is 11.0. The molecule has 0 aliphatic heterocycles. The summed E-state index contributed by atoms with van der Waals surface area (Å²) in [7, 11) is 2.41. The fourth-order valence-corrected chi connectivity index (χ4v) is 1.32. The largest absolute Gasteiger partial charge is 0.533 e. The van der Waals surface area contributed by atoms with Crippen molar-refractivity contribution < 1.29 is 29.1 Å². The highest BCUT2D eigenvalue weighted by Crippen LogP contribution is 2.07. The Morgan fingerprint density at radius 3 is 2.35 bits per heavy atom. The van der Waals surface area contributed by atoms with Gasteiger partial charge in [-0.15, -0.1) is 0 Å². The normalized spacial score (nSPS) is 9.50. The lowest BCUT2D eigenvalue weighted by molar-refractivity contribution is -0.0782. The van der Waals surface area contributed by atoms with Crippen molar-refractivity contribution in [3.05, 3.63) is 35.4 Å². The molecule has 1 aromatic rings. The maximum atomic E-state index is 11.9. The highest BCUT2D eigenvalue weighted by atomic mass is 16.8. The molecule has 0 aromatic heterocycles. The van der Waals surface area contributed by atoms with Crippen molar-refractivity contribution in [3.8, 4) is 0 Å². The maximum absolute atomic E-state index is 11.9. The summed E-state index contributed by atoms with van der Waals surface area (Å²) in [5, 5.41) is 11.4. The summed E-state index contributed by atoms with van der Waals surface area (Å²) in [5.74, 6) is -0.534. The second-order valence-electron chi connectivity index (χ2n) is 3.70. The van der Waals surface area contributed by atoms with Gasteiger partial charge in [0.25, 0.3) is 5.91 Å². The zero-order valence-corrected chi connectivity index (χ0v) is 11.0. The number of nitrogens with zero attached hydrogens (tertiary/aromatic N) is 1. The van der Waals surface area contributed by atoms with Crippen LogP contribution in [0.5, 0.6) is 0 Å². The molecule has 0 aliphatic carbocycles. The van der Waals surface area contributed by atoms with Gasteiger partial charge in [0.1, 0.15) is 0 Å². The van der Waals surface area contributed by atoms with Crippen LogP contribution in [0, 0.1) is 0 Å². The quantitative estimate of drug-likeness (QED) is 0.638. The van der Waals surface area contributed by atoms with Crippen molar-refractivity contribution in [2.24, 2.45) is 0 Å². The fourth-order valence-electron chi connectivity index (χ4n) is 1.32. The number of hydrogen-bond donors (Lipinski definition) is 2. The molecule has 0 saturated carbocycles. The highest BCUT2D eigenvalue weighted by Gasteiger charge is 2.16. The summed E-state index contributed by atoms with van der Waals surface area (Å²) in [6.45, 7) is 0.137. The molecule has 1 rings (SSSR count). The van der Waals surface area contributed by atoms with Crippen molar-refractivity contribution in [1.29, 1.82) is 0 Å². The van der Waals surface area contributed by atoms with E-state index in [0.29, 0.717) is 5.56 Å². The smallest absolute Gasteiger partial charge is 0.465 e. The number of benzene rings is 1. The van der Waals surface area contributed by atoms with E-state index >= 15 is 0 Å². The van der Waals surface area contributed by atoms with E-state index in [1.807, 2.05) is 0 Å². The molecule has 8 nitrogen and oxygen atoms in total. The standard InChI is InChI=1S/C12H14N2O6/c1-14(20-12(18)19-2)10(15)9-5-3-8(4-6-9)7-13-11(16)17/h3-6,13H,7H2,1-2H3,(H,16,17). The van der Waals surface area contributed by atoms with E-state index in [1.54, 1.807) is 12.1 Å². The van der Waals surface area contributed by atoms with Crippen LogP contribution in [-0.4, -0.2) is 42.5 Å². The van der Waals surface area contributed by atoms with Crippen molar-refractivity contribution in [3.63, 3.8) is 0 Å². The number of hydroxylamine groups is 2. The molecular weight excluding hydrogens is 268 g/mol. The number of nitrogens with one attached hydrogen (secondary N) is 1. The lowest BCUT2D eigenvalue weighted by Gasteiger charge is -2.15. The minimum atomic E-state index is -1.13. The van der Waals surface area contributed by atoms with E-state index in [2.05, 4.69) is 14.9 Å². The number of amides is 2. The first-order valence-corrected chi connectivity index (χ1v) is 5.53. The van der Waals surface area contributed by atoms with Gasteiger partial charge in [0.15, 0.2) is 0 Å². The number of methoxy groups -OCH3 is 1. The van der Waals surface area contributed by atoms with Crippen molar-refractivity contribution >= 4 is 18.2 Å². The average molecular weight is 282 g/mol. The van der Waals surface area contributed by atoms with Crippen LogP contribution in [0.2, 0.25) is 0 Å². The Hall–Kier alpha value is -2.77. The first-order chi connectivity index (χ1) is 9.43. The van der Waals surface area contributed by atoms with Crippen LogP contribution in [0.1, 0.15) is 15.9 Å². The van der Waals surface area contributed by atoms with Gasteiger partial charge in [-0.05, 0) is 17.7 Å². The van der Waals surface area contributed by atoms with Gasteiger partial charge >= 0.3 is 12.2 Å². The fraction of sp³-hybridized carbons (Fsp3) is 0.250. The number of carbonyl (C=O) groups excluding carboxylic acids is 2. The van der Waals surface area contributed by atoms with Crippen LogP contribution in [0.4, 0.5) is 9.59 Å². The molecule has 108 valence electrons. The molecule has 0 bridgehead atoms. The molecule has 0 fully saturated rings. The SMILES string of the molecule is COC(=O)ON(C)C(=O)c1ccc(CNC(=O)O)cc1. The summed E-state index contributed by atoms with van der Waals surface area (Å²) >= 11 is 0. The van der Waals surface area contributed by atoms with Crippen molar-refractivity contribution in [2.45, 2.75) is 6.54 Å². The van der Waals surface area contributed by atoms with E-state index in [9.17, 15) is 14.4 Å². The van der Waals surface area contributed by atoms with E-state index in [-0.39, 0.29) is 12.1 Å². The van der Waals surface area contributed by atoms with Gasteiger partial charge in [0, 0.05) is 19.2 Å². The van der Waals surface area contributed by atoms with Crippen LogP contribution in [-0.2, 0) is 16.1 Å². The number of carbonyl (C=O) groups is 3. The molecular formula is C12H14N2O6. The molecule has 0 spiro atoms. The average Bonchev–Trinajstić information content (AvgIpc) is 2.44. The molecule has 2 amide bonds. The number of ether oxygens (including phenoxy) is 1. The number of rotatable bonds is 3. The van der Waals surface area contributed by atoms with Crippen LogP contribution in [0.3, 0.4) is 0 Å². The van der Waals surface area contributed by atoms with Crippen molar-refractivity contribution in [2.75, 3.05) is 14.2 Å². The van der Waals surface area contributed by atoms with Gasteiger partial charge in [-0.2, -0.15) is 5.06 Å². The van der Waals surface area contributed by atoms with Gasteiger partial charge in [-0.3, -0.25) is 4.79 Å². The number of hydrogen-bond acceptors (Lipinski definition) is 5. The van der Waals surface area contributed by atoms with Crippen LogP contribution in [0.25, 0.3) is 0 Å². The summed E-state index contributed by atoms with van der Waals surface area (Å²) in [4.78, 5) is 37.6. The first-order valence-electron chi connectivity index (χ1n) is 5.53. The second kappa shape index (κ2) is 6.98. The monoisotopic (exact) mass is 282 g/mol. The lowest BCUT2D eigenvalue weighted by Crippen LogP contribution is -2.29. The third-order valence-corrected chi connectivity index (χ3v) is 2.31. The summed E-state index contributed by atoms with van der Waals surface area (Å²) in [6, 6.07) is 6.18. The van der Waals surface area contributed by atoms with Crippen LogP contribution >= 0.6 is 0 Å². The molecule has 0 heterocycles. The predicted octanol–water partition coefficient (Wildman–Crippen LogP) is 1.22. The van der Waals surface area contributed by atoms with Gasteiger partial charge in [0.2, 0.25) is 0 Å². The van der Waals surface area contributed by atoms with Crippen LogP contribution in [0.15, 0.2) is 24.3 Å². The molecule has 0 atom stereocenters. The molecule has 2 N–H and O–H groups in total. The third kappa shape index (κ3) is 4.48. The molecule has 0 aliphatic rings. The third-order valence-electron chi connectivity index (χ3n) is 2.31. The van der Waals surface area contributed by atoms with Gasteiger partial charge < -0.3 is 20.0 Å². The highest BCUT2D eigenvalue weighted by molar-refractivity contribution is 5.93. The van der Waals surface area contributed by atoms with E-state index < -0.39 is 18.2 Å². The van der Waals surface area contributed by atoms with Crippen molar-refractivity contribution in [1.82, 2.24) is 10.4 Å². The summed E-state index contributed by atoms with van der Waals surface area (Å²) in [5.41, 5.74) is 0.982.